The van der Waals surface area contributed by atoms with Crippen molar-refractivity contribution < 1.29 is 31.3 Å². The zero-order valence-corrected chi connectivity index (χ0v) is 8.67. The molecule has 0 aliphatic rings. The maximum atomic E-state index is 11.0. The molecule has 1 aromatic heterocycles. The van der Waals surface area contributed by atoms with Gasteiger partial charge in [-0.05, 0) is 0 Å². The second kappa shape index (κ2) is 4.54. The quantitative estimate of drug-likeness (QED) is 0.284. The summed E-state index contributed by atoms with van der Waals surface area (Å²) in [5, 5.41) is 61.0. The van der Waals surface area contributed by atoms with Crippen LogP contribution in [0.4, 0.5) is 17.2 Å². The van der Waals surface area contributed by atoms with E-state index in [2.05, 4.69) is 10.2 Å². The Labute approximate surface area is 98.3 Å². The molecule has 98 valence electrons. The number of benzene rings is 1. The molecule has 18 heavy (non-hydrogen) atoms. The molecule has 2 aromatic rings. The van der Waals surface area contributed by atoms with Crippen molar-refractivity contribution in [1.82, 2.24) is 10.2 Å². The van der Waals surface area contributed by atoms with Gasteiger partial charge in [0.05, 0.1) is 11.5 Å². The van der Waals surface area contributed by atoms with E-state index in [4.69, 9.17) is 15.6 Å². The highest BCUT2D eigenvalue weighted by Gasteiger charge is 2.21. The lowest BCUT2D eigenvalue weighted by Gasteiger charge is -2.16. The van der Waals surface area contributed by atoms with Crippen molar-refractivity contribution in [3.63, 3.8) is 0 Å². The molecular weight excluding hydrogens is 250 g/mol. The van der Waals surface area contributed by atoms with Crippen LogP contribution in [-0.4, -0.2) is 25.8 Å². The summed E-state index contributed by atoms with van der Waals surface area (Å²) in [6.07, 6.45) is 0. The van der Waals surface area contributed by atoms with E-state index < -0.39 is 15.7 Å². The van der Waals surface area contributed by atoms with Crippen molar-refractivity contribution in [2.24, 2.45) is 0 Å². The van der Waals surface area contributed by atoms with Gasteiger partial charge in [-0.3, -0.25) is 0 Å². The molecule has 1 aromatic carbocycles. The summed E-state index contributed by atoms with van der Waals surface area (Å²) in [5.41, 5.74) is -0.776. The Morgan fingerprint density at radius 1 is 1.00 bits per heavy atom. The predicted octanol–water partition coefficient (Wildman–Crippen LogP) is -3.23. The number of fused-ring (bicyclic) bond motifs is 1. The molecule has 11 heteroatoms. The average molecular weight is 259 g/mol. The van der Waals surface area contributed by atoms with E-state index in [0.717, 1.165) is 12.1 Å². The molecule has 0 aliphatic carbocycles. The average Bonchev–Trinajstić information content (AvgIpc) is 2.70. The largest absolute Gasteiger partial charge is 0.595 e. The molecule has 3 unspecified atom stereocenters. The topological polar surface area (TPSA) is 172 Å². The number of hydrogen-bond acceptors (Lipinski definition) is 7. The van der Waals surface area contributed by atoms with Gasteiger partial charge in [-0.1, -0.05) is 0 Å². The normalized spacial score (nSPS) is 16.8. The lowest BCUT2D eigenvalue weighted by molar-refractivity contribution is -0.996. The summed E-state index contributed by atoms with van der Waals surface area (Å²) in [6.45, 7) is 0. The number of nitrogens with one attached hydrogen (secondary N) is 4. The standard InChI is InChI=1S/C7H9N5O6/c13-10(14)3-1-4-6(5(2-3)11(15)16)8-9-7(4)12(17)18/h1-2,10-13,15,17H,(H,8,9). The van der Waals surface area contributed by atoms with Gasteiger partial charge in [0.1, 0.15) is 0 Å². The Bertz CT molecular complexity index is 567. The summed E-state index contributed by atoms with van der Waals surface area (Å²) in [5.74, 6) is -0.351. The van der Waals surface area contributed by atoms with E-state index in [0.29, 0.717) is 0 Å². The molecule has 0 amide bonds. The highest BCUT2D eigenvalue weighted by molar-refractivity contribution is 5.94. The van der Waals surface area contributed by atoms with Gasteiger partial charge >= 0.3 is 0 Å². The third-order valence-corrected chi connectivity index (χ3v) is 2.35. The van der Waals surface area contributed by atoms with Crippen LogP contribution in [0.15, 0.2) is 12.1 Å². The first-order chi connectivity index (χ1) is 8.41. The van der Waals surface area contributed by atoms with Crippen LogP contribution in [0.25, 0.3) is 10.9 Å². The fourth-order valence-electron chi connectivity index (χ4n) is 1.57. The number of nitrogens with zero attached hydrogens (tertiary/aromatic N) is 1. The van der Waals surface area contributed by atoms with E-state index in [1.54, 1.807) is 0 Å². The van der Waals surface area contributed by atoms with Gasteiger partial charge in [-0.15, -0.1) is 0 Å². The summed E-state index contributed by atoms with van der Waals surface area (Å²) in [7, 11) is 0. The van der Waals surface area contributed by atoms with Gasteiger partial charge in [0.2, 0.25) is 0 Å². The van der Waals surface area contributed by atoms with Crippen molar-refractivity contribution in [1.29, 1.82) is 0 Å². The number of aromatic nitrogens is 2. The molecule has 0 aliphatic heterocycles. The van der Waals surface area contributed by atoms with Crippen LogP contribution >= 0.6 is 0 Å². The molecule has 1 heterocycles. The van der Waals surface area contributed by atoms with E-state index in [1.165, 1.54) is 0 Å². The first-order valence-corrected chi connectivity index (χ1v) is 4.64. The highest BCUT2D eigenvalue weighted by atomic mass is 16.8. The monoisotopic (exact) mass is 259 g/mol. The van der Waals surface area contributed by atoms with Gasteiger partial charge in [0, 0.05) is 6.07 Å². The first kappa shape index (κ1) is 12.8. The summed E-state index contributed by atoms with van der Waals surface area (Å²) < 4.78 is 0. The van der Waals surface area contributed by atoms with Crippen molar-refractivity contribution in [2.45, 2.75) is 0 Å². The van der Waals surface area contributed by atoms with Crippen molar-refractivity contribution >= 4 is 28.1 Å². The molecule has 0 saturated carbocycles. The zero-order chi connectivity index (χ0) is 13.4. The van der Waals surface area contributed by atoms with E-state index >= 15 is 0 Å². The molecule has 0 spiro atoms. The van der Waals surface area contributed by atoms with Crippen LogP contribution in [0.5, 0.6) is 0 Å². The molecular formula is C7H9N5O6. The maximum absolute atomic E-state index is 11.0. The second-order valence-corrected chi connectivity index (χ2v) is 3.43. The van der Waals surface area contributed by atoms with Gasteiger partial charge in [-0.2, -0.15) is 20.8 Å². The summed E-state index contributed by atoms with van der Waals surface area (Å²) >= 11 is 0. The third kappa shape index (κ3) is 2.04. The minimum Gasteiger partial charge on any atom is -0.595 e. The Hall–Kier alpha value is -1.67. The van der Waals surface area contributed by atoms with E-state index in [9.17, 15) is 15.6 Å². The zero-order valence-electron chi connectivity index (χ0n) is 8.67. The summed E-state index contributed by atoms with van der Waals surface area (Å²) in [6, 6.07) is 2.00. The van der Waals surface area contributed by atoms with Crippen LogP contribution in [-0.2, 0) is 0 Å². The Kier molecular flexibility index (Phi) is 3.22. The predicted molar refractivity (Wildman–Crippen MR) is 53.4 cm³/mol. The van der Waals surface area contributed by atoms with Crippen LogP contribution in [0.2, 0.25) is 0 Å². The summed E-state index contributed by atoms with van der Waals surface area (Å²) in [4.78, 5) is 0. The van der Waals surface area contributed by atoms with E-state index in [1.807, 2.05) is 0 Å². The lowest BCUT2D eigenvalue weighted by Crippen LogP contribution is -3.01. The Morgan fingerprint density at radius 2 is 1.67 bits per heavy atom. The molecule has 11 nitrogen and oxygen atoms in total. The number of H-pyrrole nitrogens is 1. The van der Waals surface area contributed by atoms with Crippen LogP contribution < -0.4 is 15.7 Å². The number of quaternary nitrogens is 3. The van der Waals surface area contributed by atoms with Gasteiger partial charge in [0.25, 0.3) is 5.82 Å². The van der Waals surface area contributed by atoms with Crippen molar-refractivity contribution in [3.05, 3.63) is 27.8 Å². The third-order valence-electron chi connectivity index (χ3n) is 2.35. The number of rotatable bonds is 3. The molecule has 0 bridgehead atoms. The number of aromatic amines is 1. The van der Waals surface area contributed by atoms with Crippen LogP contribution in [0.3, 0.4) is 0 Å². The Balaban J connectivity index is 2.75. The molecule has 3 atom stereocenters. The fourth-order valence-corrected chi connectivity index (χ4v) is 1.57. The Morgan fingerprint density at radius 3 is 2.17 bits per heavy atom. The molecule has 0 radical (unpaired) electrons. The minimum absolute atomic E-state index is 0.0557. The molecule has 2 rings (SSSR count). The lowest BCUT2D eigenvalue weighted by atomic mass is 10.2. The van der Waals surface area contributed by atoms with E-state index in [-0.39, 0.29) is 28.1 Å². The van der Waals surface area contributed by atoms with Gasteiger partial charge in [-0.25, -0.2) is 20.7 Å². The van der Waals surface area contributed by atoms with Crippen LogP contribution in [0.1, 0.15) is 0 Å². The number of hydrogen-bond donors (Lipinski definition) is 7. The molecule has 7 N–H and O–H groups in total. The SMILES string of the molecule is [O-][NH+](O)c1cc([NH+]([O-])O)c2n[nH]c([NH+]([O-])O)c2c1. The highest BCUT2D eigenvalue weighted by Crippen LogP contribution is 2.25. The molecule has 0 saturated heterocycles. The van der Waals surface area contributed by atoms with Crippen molar-refractivity contribution in [3.8, 4) is 0 Å². The second-order valence-electron chi connectivity index (χ2n) is 3.43. The van der Waals surface area contributed by atoms with Crippen LogP contribution in [0, 0.1) is 15.6 Å². The van der Waals surface area contributed by atoms with Gasteiger partial charge in [0.15, 0.2) is 16.9 Å². The molecule has 0 fully saturated rings. The van der Waals surface area contributed by atoms with Crippen molar-refractivity contribution in [2.75, 3.05) is 0 Å². The minimum atomic E-state index is -1.38. The maximum Gasteiger partial charge on any atom is 0.263 e. The first-order valence-electron chi connectivity index (χ1n) is 4.64. The van der Waals surface area contributed by atoms with Gasteiger partial charge < -0.3 is 15.6 Å². The fraction of sp³-hybridized carbons (Fsp3) is 0. The smallest absolute Gasteiger partial charge is 0.263 e.